The molecular formula is C18H20N6O. The molecule has 1 aliphatic heterocycles. The molecule has 0 atom stereocenters. The lowest BCUT2D eigenvalue weighted by Crippen LogP contribution is -2.60. The minimum Gasteiger partial charge on any atom is -0.351 e. The Morgan fingerprint density at radius 1 is 1.36 bits per heavy atom. The molecule has 2 aliphatic rings. The van der Waals surface area contributed by atoms with Crippen LogP contribution in [0.4, 0.5) is 5.82 Å². The van der Waals surface area contributed by atoms with Crippen molar-refractivity contribution >= 4 is 11.7 Å². The molecule has 1 fully saturated rings. The molecule has 7 heteroatoms. The Hall–Kier alpha value is -2.88. The number of carbonyl (C=O) groups is 1. The van der Waals surface area contributed by atoms with Crippen LogP contribution in [0.5, 0.6) is 0 Å². The summed E-state index contributed by atoms with van der Waals surface area (Å²) in [4.78, 5) is 19.0. The van der Waals surface area contributed by atoms with Crippen LogP contribution in [0.3, 0.4) is 0 Å². The van der Waals surface area contributed by atoms with Crippen molar-refractivity contribution in [2.45, 2.75) is 31.7 Å². The highest BCUT2D eigenvalue weighted by molar-refractivity contribution is 5.92. The lowest BCUT2D eigenvalue weighted by molar-refractivity contribution is 0.0924. The maximum atomic E-state index is 12.1. The third kappa shape index (κ3) is 2.95. The largest absolute Gasteiger partial charge is 0.351 e. The van der Waals surface area contributed by atoms with Crippen LogP contribution in [0.2, 0.25) is 0 Å². The summed E-state index contributed by atoms with van der Waals surface area (Å²) in [7, 11) is 1.78. The van der Waals surface area contributed by atoms with Gasteiger partial charge in [0.1, 0.15) is 17.6 Å². The quantitative estimate of drug-likeness (QED) is 0.909. The first-order valence-corrected chi connectivity index (χ1v) is 8.62. The van der Waals surface area contributed by atoms with Gasteiger partial charge in [0, 0.05) is 32.0 Å². The van der Waals surface area contributed by atoms with Crippen LogP contribution >= 0.6 is 0 Å². The van der Waals surface area contributed by atoms with Crippen LogP contribution in [-0.2, 0) is 19.9 Å². The van der Waals surface area contributed by atoms with Crippen molar-refractivity contribution in [3.8, 4) is 6.07 Å². The second-order valence-corrected chi connectivity index (χ2v) is 6.73. The van der Waals surface area contributed by atoms with E-state index in [1.54, 1.807) is 24.0 Å². The second-order valence-electron chi connectivity index (χ2n) is 6.73. The molecule has 2 aromatic rings. The number of nitrogens with zero attached hydrogens (tertiary/aromatic N) is 5. The summed E-state index contributed by atoms with van der Waals surface area (Å²) in [6.07, 6.45) is 6.08. The van der Waals surface area contributed by atoms with Gasteiger partial charge in [0.25, 0.3) is 5.91 Å². The van der Waals surface area contributed by atoms with E-state index in [0.29, 0.717) is 24.3 Å². The summed E-state index contributed by atoms with van der Waals surface area (Å²) in [5.41, 5.74) is 3.40. The minimum atomic E-state index is -0.163. The summed E-state index contributed by atoms with van der Waals surface area (Å²) < 4.78 is 1.61. The number of nitriles is 1. The Morgan fingerprint density at radius 3 is 2.88 bits per heavy atom. The normalized spacial score (nSPS) is 16.7. The number of amides is 1. The highest BCUT2D eigenvalue weighted by Crippen LogP contribution is 2.28. The van der Waals surface area contributed by atoms with Crippen LogP contribution in [0.15, 0.2) is 18.3 Å². The van der Waals surface area contributed by atoms with Gasteiger partial charge in [-0.05, 0) is 43.4 Å². The van der Waals surface area contributed by atoms with Gasteiger partial charge in [-0.25, -0.2) is 4.98 Å². The lowest BCUT2D eigenvalue weighted by Gasteiger charge is -2.41. The van der Waals surface area contributed by atoms with Crippen molar-refractivity contribution in [3.05, 3.63) is 40.8 Å². The molecule has 1 saturated heterocycles. The molecule has 128 valence electrons. The second kappa shape index (κ2) is 6.20. The zero-order chi connectivity index (χ0) is 17.4. The molecule has 0 aromatic carbocycles. The number of anilines is 1. The maximum Gasteiger partial charge on any atom is 0.272 e. The zero-order valence-corrected chi connectivity index (χ0v) is 14.2. The molecule has 25 heavy (non-hydrogen) atoms. The van der Waals surface area contributed by atoms with Crippen LogP contribution in [0.25, 0.3) is 0 Å². The maximum absolute atomic E-state index is 12.1. The predicted molar refractivity (Wildman–Crippen MR) is 92.3 cm³/mol. The number of rotatable bonds is 3. The van der Waals surface area contributed by atoms with Crippen molar-refractivity contribution in [1.82, 2.24) is 20.1 Å². The average Bonchev–Trinajstić information content (AvgIpc) is 3.03. The molecule has 0 spiro atoms. The van der Waals surface area contributed by atoms with Crippen molar-refractivity contribution in [2.75, 3.05) is 18.0 Å². The Morgan fingerprint density at radius 2 is 2.16 bits per heavy atom. The van der Waals surface area contributed by atoms with E-state index in [0.717, 1.165) is 30.8 Å². The molecule has 0 radical (unpaired) electrons. The van der Waals surface area contributed by atoms with Gasteiger partial charge >= 0.3 is 0 Å². The molecule has 1 N–H and O–H groups in total. The number of fused-ring (bicyclic) bond motifs is 1. The molecule has 0 unspecified atom stereocenters. The number of carbonyl (C=O) groups excluding carboxylic acids is 1. The van der Waals surface area contributed by atoms with Crippen molar-refractivity contribution < 1.29 is 4.79 Å². The molecule has 2 aromatic heterocycles. The van der Waals surface area contributed by atoms with Gasteiger partial charge in [-0.1, -0.05) is 0 Å². The lowest BCUT2D eigenvalue weighted by atomic mass is 9.94. The third-order valence-corrected chi connectivity index (χ3v) is 4.86. The number of aromatic nitrogens is 3. The van der Waals surface area contributed by atoms with Gasteiger partial charge in [-0.2, -0.15) is 10.4 Å². The molecule has 0 saturated carbocycles. The van der Waals surface area contributed by atoms with Crippen LogP contribution in [-0.4, -0.2) is 39.8 Å². The van der Waals surface area contributed by atoms with Crippen molar-refractivity contribution in [2.24, 2.45) is 7.05 Å². The number of nitrogens with one attached hydrogen (secondary N) is 1. The smallest absolute Gasteiger partial charge is 0.272 e. The van der Waals surface area contributed by atoms with Gasteiger partial charge in [0.05, 0.1) is 11.6 Å². The Kier molecular flexibility index (Phi) is 3.88. The molecule has 1 amide bonds. The highest BCUT2D eigenvalue weighted by atomic mass is 16.2. The van der Waals surface area contributed by atoms with E-state index in [-0.39, 0.29) is 11.9 Å². The van der Waals surface area contributed by atoms with E-state index in [4.69, 9.17) is 4.98 Å². The summed E-state index contributed by atoms with van der Waals surface area (Å²) in [5, 5.41) is 16.5. The molecular weight excluding hydrogens is 316 g/mol. The molecule has 3 heterocycles. The summed E-state index contributed by atoms with van der Waals surface area (Å²) in [6, 6.07) is 6.02. The molecule has 7 nitrogen and oxygen atoms in total. The first-order valence-electron chi connectivity index (χ1n) is 8.62. The summed E-state index contributed by atoms with van der Waals surface area (Å²) in [5.74, 6) is 0.593. The van der Waals surface area contributed by atoms with Gasteiger partial charge < -0.3 is 10.2 Å². The Bertz CT molecular complexity index is 859. The summed E-state index contributed by atoms with van der Waals surface area (Å²) in [6.45, 7) is 1.33. The molecule has 1 aliphatic carbocycles. The van der Waals surface area contributed by atoms with Crippen LogP contribution in [0, 0.1) is 11.3 Å². The van der Waals surface area contributed by atoms with Crippen molar-refractivity contribution in [1.29, 1.82) is 5.26 Å². The first kappa shape index (κ1) is 15.6. The molecule has 0 bridgehead atoms. The van der Waals surface area contributed by atoms with E-state index in [1.807, 2.05) is 6.07 Å². The van der Waals surface area contributed by atoms with Gasteiger partial charge in [0.15, 0.2) is 0 Å². The van der Waals surface area contributed by atoms with E-state index in [2.05, 4.69) is 21.4 Å². The van der Waals surface area contributed by atoms with E-state index >= 15 is 0 Å². The SMILES string of the molecule is Cn1ccc(C(=O)NC2CN(c3nc4c(cc3C#N)CCCC4)C2)n1. The minimum absolute atomic E-state index is 0.0545. The fraction of sp³-hybridized carbons (Fsp3) is 0.444. The van der Waals surface area contributed by atoms with E-state index < -0.39 is 0 Å². The first-order chi connectivity index (χ1) is 12.1. The number of hydrogen-bond donors (Lipinski definition) is 1. The van der Waals surface area contributed by atoms with Crippen molar-refractivity contribution in [3.63, 3.8) is 0 Å². The molecule has 4 rings (SSSR count). The summed E-state index contributed by atoms with van der Waals surface area (Å²) >= 11 is 0. The van der Waals surface area contributed by atoms with Gasteiger partial charge in [0.2, 0.25) is 0 Å². The standard InChI is InChI=1S/C18H20N6O/c1-23-7-6-16(22-23)18(25)20-14-10-24(11-14)17-13(9-19)8-12-4-2-3-5-15(12)21-17/h6-8,14H,2-5,10-11H2,1H3,(H,20,25). The fourth-order valence-electron chi connectivity index (χ4n) is 3.48. The Labute approximate surface area is 146 Å². The number of pyridine rings is 1. The van der Waals surface area contributed by atoms with Gasteiger partial charge in [-0.15, -0.1) is 0 Å². The fourth-order valence-corrected chi connectivity index (χ4v) is 3.48. The van der Waals surface area contributed by atoms with E-state index in [1.165, 1.54) is 12.0 Å². The van der Waals surface area contributed by atoms with Crippen LogP contribution < -0.4 is 10.2 Å². The average molecular weight is 336 g/mol. The zero-order valence-electron chi connectivity index (χ0n) is 14.2. The predicted octanol–water partition coefficient (Wildman–Crippen LogP) is 1.18. The topological polar surface area (TPSA) is 86.8 Å². The Balaban J connectivity index is 1.43. The third-order valence-electron chi connectivity index (χ3n) is 4.86. The number of aryl methyl sites for hydroxylation is 3. The van der Waals surface area contributed by atoms with Gasteiger partial charge in [-0.3, -0.25) is 9.48 Å². The highest BCUT2D eigenvalue weighted by Gasteiger charge is 2.32. The van der Waals surface area contributed by atoms with Crippen LogP contribution in [0.1, 0.15) is 40.2 Å². The monoisotopic (exact) mass is 336 g/mol. The van der Waals surface area contributed by atoms with E-state index in [9.17, 15) is 10.1 Å². The number of hydrogen-bond acceptors (Lipinski definition) is 5.